The van der Waals surface area contributed by atoms with E-state index < -0.39 is 0 Å². The van der Waals surface area contributed by atoms with E-state index in [1.165, 1.54) is 39.0 Å². The van der Waals surface area contributed by atoms with E-state index >= 15 is 0 Å². The van der Waals surface area contributed by atoms with Crippen LogP contribution in [0.5, 0.6) is 0 Å². The zero-order valence-electron chi connectivity index (χ0n) is 13.9. The molecule has 5 heteroatoms. The standard InChI is InChI=1S/C16H29N3O2/c1-15(2,3)21-14(20)19-11-16(12-19)9-13(10-16)18-7-5-17(4)6-8-18/h13H,5-12H2,1-4H3. The number of likely N-dealkylation sites (N-methyl/N-ethyl adjacent to an activating group) is 1. The van der Waals surface area contributed by atoms with E-state index in [4.69, 9.17) is 4.74 Å². The van der Waals surface area contributed by atoms with Crippen LogP contribution in [0.2, 0.25) is 0 Å². The van der Waals surface area contributed by atoms with Gasteiger partial charge in [0.1, 0.15) is 5.60 Å². The molecule has 1 spiro atoms. The lowest BCUT2D eigenvalue weighted by atomic mass is 9.60. The maximum absolute atomic E-state index is 12.0. The number of amides is 1. The fraction of sp³-hybridized carbons (Fsp3) is 0.938. The van der Waals surface area contributed by atoms with E-state index in [1.807, 2.05) is 25.7 Å². The minimum atomic E-state index is -0.387. The first-order chi connectivity index (χ1) is 9.76. The van der Waals surface area contributed by atoms with E-state index in [-0.39, 0.29) is 11.7 Å². The van der Waals surface area contributed by atoms with Gasteiger partial charge < -0.3 is 14.5 Å². The Hall–Kier alpha value is -0.810. The van der Waals surface area contributed by atoms with Crippen molar-refractivity contribution in [3.05, 3.63) is 0 Å². The minimum Gasteiger partial charge on any atom is -0.444 e. The summed E-state index contributed by atoms with van der Waals surface area (Å²) in [6.07, 6.45) is 2.38. The van der Waals surface area contributed by atoms with Crippen molar-refractivity contribution in [2.45, 2.75) is 45.3 Å². The third-order valence-electron chi connectivity index (χ3n) is 5.10. The normalized spacial score (nSPS) is 27.3. The molecule has 21 heavy (non-hydrogen) atoms. The Kier molecular flexibility index (Phi) is 3.69. The Balaban J connectivity index is 1.41. The molecule has 2 aliphatic heterocycles. The molecule has 1 aliphatic carbocycles. The van der Waals surface area contributed by atoms with Gasteiger partial charge in [-0.2, -0.15) is 0 Å². The summed E-state index contributed by atoms with van der Waals surface area (Å²) in [7, 11) is 2.20. The number of hydrogen-bond donors (Lipinski definition) is 0. The van der Waals surface area contributed by atoms with Crippen molar-refractivity contribution in [3.63, 3.8) is 0 Å². The molecule has 0 aromatic rings. The lowest BCUT2D eigenvalue weighted by Crippen LogP contribution is -2.68. The maximum Gasteiger partial charge on any atom is 0.410 e. The molecular formula is C16H29N3O2. The number of nitrogens with zero attached hydrogens (tertiary/aromatic N) is 3. The summed E-state index contributed by atoms with van der Waals surface area (Å²) in [5, 5.41) is 0. The molecule has 2 heterocycles. The second kappa shape index (κ2) is 5.13. The molecule has 5 nitrogen and oxygen atoms in total. The molecule has 0 aromatic heterocycles. The lowest BCUT2D eigenvalue weighted by molar-refractivity contribution is -0.112. The zero-order chi connectivity index (χ0) is 15.3. The molecule has 120 valence electrons. The van der Waals surface area contributed by atoms with E-state index in [0.29, 0.717) is 5.41 Å². The third-order valence-corrected chi connectivity index (χ3v) is 5.10. The fourth-order valence-electron chi connectivity index (χ4n) is 3.86. The quantitative estimate of drug-likeness (QED) is 0.737. The number of carbonyl (C=O) groups is 1. The molecule has 0 atom stereocenters. The second-order valence-electron chi connectivity index (χ2n) is 8.24. The van der Waals surface area contributed by atoms with Gasteiger partial charge in [0.25, 0.3) is 0 Å². The number of carbonyl (C=O) groups excluding carboxylic acids is 1. The fourth-order valence-corrected chi connectivity index (χ4v) is 3.86. The predicted molar refractivity (Wildman–Crippen MR) is 82.3 cm³/mol. The summed E-state index contributed by atoms with van der Waals surface area (Å²) >= 11 is 0. The summed E-state index contributed by atoms with van der Waals surface area (Å²) < 4.78 is 5.43. The molecule has 1 saturated carbocycles. The Labute approximate surface area is 128 Å². The van der Waals surface area contributed by atoms with Crippen LogP contribution in [0, 0.1) is 5.41 Å². The molecule has 0 aromatic carbocycles. The first-order valence-electron chi connectivity index (χ1n) is 8.17. The van der Waals surface area contributed by atoms with Crippen LogP contribution in [0.3, 0.4) is 0 Å². The molecule has 3 aliphatic rings. The van der Waals surface area contributed by atoms with Crippen LogP contribution < -0.4 is 0 Å². The number of rotatable bonds is 1. The first kappa shape index (κ1) is 15.1. The van der Waals surface area contributed by atoms with Gasteiger partial charge in [0.15, 0.2) is 0 Å². The number of piperazine rings is 1. The number of hydrogen-bond acceptors (Lipinski definition) is 4. The summed E-state index contributed by atoms with van der Waals surface area (Å²) in [6.45, 7) is 12.3. The third kappa shape index (κ3) is 3.19. The second-order valence-corrected chi connectivity index (χ2v) is 8.24. The van der Waals surface area contributed by atoms with Crippen molar-refractivity contribution < 1.29 is 9.53 Å². The molecule has 3 rings (SSSR count). The van der Waals surface area contributed by atoms with Gasteiger partial charge in [0, 0.05) is 50.7 Å². The highest BCUT2D eigenvalue weighted by Gasteiger charge is 2.55. The summed E-state index contributed by atoms with van der Waals surface area (Å²) in [4.78, 5) is 18.9. The van der Waals surface area contributed by atoms with Gasteiger partial charge in [-0.05, 0) is 40.7 Å². The number of likely N-dealkylation sites (tertiary alicyclic amines) is 1. The topological polar surface area (TPSA) is 36.0 Å². The van der Waals surface area contributed by atoms with Gasteiger partial charge in [-0.1, -0.05) is 0 Å². The van der Waals surface area contributed by atoms with Crippen LogP contribution >= 0.6 is 0 Å². The highest BCUT2D eigenvalue weighted by Crippen LogP contribution is 2.50. The molecule has 0 bridgehead atoms. The van der Waals surface area contributed by atoms with Crippen molar-refractivity contribution >= 4 is 6.09 Å². The monoisotopic (exact) mass is 295 g/mol. The molecule has 2 saturated heterocycles. The molecule has 3 fully saturated rings. The van der Waals surface area contributed by atoms with Crippen LogP contribution in [0.15, 0.2) is 0 Å². The predicted octanol–water partition coefficient (Wildman–Crippen LogP) is 1.63. The van der Waals surface area contributed by atoms with E-state index in [1.54, 1.807) is 0 Å². The van der Waals surface area contributed by atoms with Gasteiger partial charge in [-0.25, -0.2) is 4.79 Å². The number of ether oxygens (including phenoxy) is 1. The molecule has 0 radical (unpaired) electrons. The van der Waals surface area contributed by atoms with Gasteiger partial charge in [0.05, 0.1) is 0 Å². The van der Waals surface area contributed by atoms with Crippen molar-refractivity contribution in [1.82, 2.24) is 14.7 Å². The lowest BCUT2D eigenvalue weighted by Gasteiger charge is -2.61. The van der Waals surface area contributed by atoms with E-state index in [9.17, 15) is 4.79 Å². The maximum atomic E-state index is 12.0. The van der Waals surface area contributed by atoms with Crippen LogP contribution in [0.25, 0.3) is 0 Å². The summed E-state index contributed by atoms with van der Waals surface area (Å²) in [5.74, 6) is 0. The summed E-state index contributed by atoms with van der Waals surface area (Å²) in [5.41, 5.74) is 0.0206. The largest absolute Gasteiger partial charge is 0.444 e. The van der Waals surface area contributed by atoms with Gasteiger partial charge in [0.2, 0.25) is 0 Å². The molecule has 0 unspecified atom stereocenters. The first-order valence-corrected chi connectivity index (χ1v) is 8.17. The summed E-state index contributed by atoms with van der Waals surface area (Å²) in [6, 6.07) is 0.750. The van der Waals surface area contributed by atoms with Crippen molar-refractivity contribution in [1.29, 1.82) is 0 Å². The van der Waals surface area contributed by atoms with Crippen molar-refractivity contribution in [2.24, 2.45) is 5.41 Å². The van der Waals surface area contributed by atoms with Crippen LogP contribution in [0.1, 0.15) is 33.6 Å². The zero-order valence-corrected chi connectivity index (χ0v) is 13.9. The highest BCUT2D eigenvalue weighted by molar-refractivity contribution is 5.69. The van der Waals surface area contributed by atoms with Gasteiger partial charge in [-0.15, -0.1) is 0 Å². The molecule has 1 amide bonds. The van der Waals surface area contributed by atoms with E-state index in [2.05, 4.69) is 16.8 Å². The van der Waals surface area contributed by atoms with Crippen LogP contribution in [-0.4, -0.2) is 78.8 Å². The SMILES string of the molecule is CN1CCN(C2CC3(C2)CN(C(=O)OC(C)(C)C)C3)CC1. The van der Waals surface area contributed by atoms with Crippen molar-refractivity contribution in [3.8, 4) is 0 Å². The van der Waals surface area contributed by atoms with Crippen molar-refractivity contribution in [2.75, 3.05) is 46.3 Å². The Morgan fingerprint density at radius 2 is 1.67 bits per heavy atom. The average Bonchev–Trinajstić information content (AvgIpc) is 2.25. The van der Waals surface area contributed by atoms with Crippen LogP contribution in [-0.2, 0) is 4.74 Å². The highest BCUT2D eigenvalue weighted by atomic mass is 16.6. The van der Waals surface area contributed by atoms with E-state index in [0.717, 1.165) is 19.1 Å². The Morgan fingerprint density at radius 1 is 1.10 bits per heavy atom. The van der Waals surface area contributed by atoms with Gasteiger partial charge >= 0.3 is 6.09 Å². The molecule has 0 N–H and O–H groups in total. The van der Waals surface area contributed by atoms with Crippen LogP contribution in [0.4, 0.5) is 4.79 Å². The van der Waals surface area contributed by atoms with Gasteiger partial charge in [-0.3, -0.25) is 4.90 Å². The Morgan fingerprint density at radius 3 is 2.19 bits per heavy atom. The average molecular weight is 295 g/mol. The molecular weight excluding hydrogens is 266 g/mol. The smallest absolute Gasteiger partial charge is 0.410 e. The minimum absolute atomic E-state index is 0.142. The Bertz CT molecular complexity index is 396.